The SMILES string of the molecule is CC(=O)O.Cc1cc(N)n(CC2(O)CN(C(=O)c3ccc(F)c(F)c3Nc3ccc(I)cc3F)C2)n1. The van der Waals surface area contributed by atoms with Crippen molar-refractivity contribution in [2.24, 2.45) is 0 Å². The van der Waals surface area contributed by atoms with E-state index in [1.807, 2.05) is 22.6 Å². The number of likely N-dealkylation sites (tertiary alicyclic amines) is 1. The predicted octanol–water partition coefficient (Wildman–Crippen LogP) is 3.52. The molecule has 1 aliphatic rings. The highest BCUT2D eigenvalue weighted by molar-refractivity contribution is 14.1. The van der Waals surface area contributed by atoms with Crippen LogP contribution in [0.1, 0.15) is 23.0 Å². The Kier molecular flexibility index (Phi) is 8.13. The molecule has 192 valence electrons. The largest absolute Gasteiger partial charge is 0.481 e. The summed E-state index contributed by atoms with van der Waals surface area (Å²) < 4.78 is 44.8. The number of aliphatic carboxylic acids is 1. The summed E-state index contributed by atoms with van der Waals surface area (Å²) in [4.78, 5) is 23.3. The lowest BCUT2D eigenvalue weighted by atomic mass is 9.93. The number of nitrogens with one attached hydrogen (secondary N) is 1. The average Bonchev–Trinajstić information content (AvgIpc) is 3.06. The summed E-state index contributed by atoms with van der Waals surface area (Å²) in [7, 11) is 0. The molecular formula is C23H23F3IN5O4. The molecule has 0 spiro atoms. The third kappa shape index (κ3) is 6.26. The van der Waals surface area contributed by atoms with E-state index in [0.29, 0.717) is 15.1 Å². The Hall–Kier alpha value is -3.33. The number of aryl methyl sites for hydroxylation is 1. The summed E-state index contributed by atoms with van der Waals surface area (Å²) in [5.41, 5.74) is 4.52. The van der Waals surface area contributed by atoms with Gasteiger partial charge in [-0.3, -0.25) is 9.59 Å². The van der Waals surface area contributed by atoms with Crippen molar-refractivity contribution in [1.82, 2.24) is 14.7 Å². The zero-order valence-corrected chi connectivity index (χ0v) is 21.4. The number of nitrogen functional groups attached to an aromatic ring is 1. The summed E-state index contributed by atoms with van der Waals surface area (Å²) in [6, 6.07) is 7.79. The van der Waals surface area contributed by atoms with E-state index < -0.39 is 40.6 Å². The molecule has 2 heterocycles. The van der Waals surface area contributed by atoms with E-state index >= 15 is 0 Å². The number of anilines is 3. The van der Waals surface area contributed by atoms with Crippen molar-refractivity contribution in [2.75, 3.05) is 24.1 Å². The molecule has 36 heavy (non-hydrogen) atoms. The Morgan fingerprint density at radius 1 is 1.17 bits per heavy atom. The number of hydrogen-bond acceptors (Lipinski definition) is 6. The third-order valence-corrected chi connectivity index (χ3v) is 5.82. The van der Waals surface area contributed by atoms with Gasteiger partial charge in [0.15, 0.2) is 11.6 Å². The number of nitrogens with two attached hydrogens (primary N) is 1. The number of rotatable bonds is 5. The lowest BCUT2D eigenvalue weighted by Gasteiger charge is -2.46. The minimum Gasteiger partial charge on any atom is -0.481 e. The number of β-amino-alcohol motifs (C(OH)–C–C–N with tert-alkyl or cyclic N) is 1. The Morgan fingerprint density at radius 3 is 2.36 bits per heavy atom. The highest BCUT2D eigenvalue weighted by atomic mass is 127. The average molecular weight is 617 g/mol. The van der Waals surface area contributed by atoms with Crippen molar-refractivity contribution in [1.29, 1.82) is 0 Å². The van der Waals surface area contributed by atoms with Crippen LogP contribution in [0, 0.1) is 27.9 Å². The second-order valence-corrected chi connectivity index (χ2v) is 9.55. The number of hydrogen-bond donors (Lipinski definition) is 4. The molecule has 2 aromatic carbocycles. The van der Waals surface area contributed by atoms with Gasteiger partial charge in [-0.2, -0.15) is 5.10 Å². The van der Waals surface area contributed by atoms with E-state index in [4.69, 9.17) is 15.6 Å². The van der Waals surface area contributed by atoms with Gasteiger partial charge in [-0.05, 0) is 59.8 Å². The number of benzene rings is 2. The number of carbonyl (C=O) groups excluding carboxylic acids is 1. The molecule has 0 bridgehead atoms. The first-order chi connectivity index (χ1) is 16.8. The molecule has 4 rings (SSSR count). The maximum atomic E-state index is 14.6. The number of aliphatic hydroxyl groups is 1. The Balaban J connectivity index is 0.000000840. The lowest BCUT2D eigenvalue weighted by molar-refractivity contribution is -0.134. The van der Waals surface area contributed by atoms with Gasteiger partial charge in [0.25, 0.3) is 11.9 Å². The van der Waals surface area contributed by atoms with Crippen LogP contribution in [-0.4, -0.2) is 55.5 Å². The monoisotopic (exact) mass is 617 g/mol. The van der Waals surface area contributed by atoms with Gasteiger partial charge in [0.2, 0.25) is 0 Å². The summed E-state index contributed by atoms with van der Waals surface area (Å²) >= 11 is 1.92. The van der Waals surface area contributed by atoms with Crippen LogP contribution in [0.15, 0.2) is 36.4 Å². The van der Waals surface area contributed by atoms with Crippen LogP contribution in [0.2, 0.25) is 0 Å². The topological polar surface area (TPSA) is 134 Å². The van der Waals surface area contributed by atoms with E-state index in [2.05, 4.69) is 10.4 Å². The van der Waals surface area contributed by atoms with Crippen molar-refractivity contribution in [3.05, 3.63) is 68.7 Å². The molecule has 0 atom stereocenters. The standard InChI is InChI=1S/C21H19F3IN5O2.C2H4O2/c1-11-6-17(26)30(28-11)10-21(32)8-29(9-21)20(31)13-3-4-14(22)18(24)19(13)27-16-5-2-12(25)7-15(16)23;1-2(3)4/h2-7,27,32H,8-10,26H2,1H3;1H3,(H,3,4). The van der Waals surface area contributed by atoms with Crippen molar-refractivity contribution in [3.8, 4) is 0 Å². The molecule has 0 saturated carbocycles. The number of aromatic nitrogens is 2. The number of halogens is 4. The van der Waals surface area contributed by atoms with Gasteiger partial charge >= 0.3 is 0 Å². The highest BCUT2D eigenvalue weighted by Gasteiger charge is 2.45. The molecule has 1 amide bonds. The lowest BCUT2D eigenvalue weighted by Crippen LogP contribution is -2.65. The van der Waals surface area contributed by atoms with Crippen LogP contribution >= 0.6 is 22.6 Å². The first-order valence-electron chi connectivity index (χ1n) is 10.5. The number of carboxylic acids is 1. The number of carboxylic acid groups (broad SMARTS) is 1. The third-order valence-electron chi connectivity index (χ3n) is 5.15. The molecule has 0 unspecified atom stereocenters. The first kappa shape index (κ1) is 27.3. The van der Waals surface area contributed by atoms with E-state index in [1.165, 1.54) is 21.7 Å². The number of nitrogens with zero attached hydrogens (tertiary/aromatic N) is 3. The maximum Gasteiger partial charge on any atom is 0.300 e. The van der Waals surface area contributed by atoms with Crippen LogP contribution < -0.4 is 11.1 Å². The minimum atomic E-state index is -1.30. The van der Waals surface area contributed by atoms with E-state index in [1.54, 1.807) is 19.1 Å². The molecule has 9 nitrogen and oxygen atoms in total. The fourth-order valence-electron chi connectivity index (χ4n) is 3.63. The van der Waals surface area contributed by atoms with E-state index in [9.17, 15) is 23.1 Å². The zero-order valence-electron chi connectivity index (χ0n) is 19.2. The van der Waals surface area contributed by atoms with Crippen molar-refractivity contribution in [3.63, 3.8) is 0 Å². The quantitative estimate of drug-likeness (QED) is 0.322. The number of amides is 1. The molecule has 0 radical (unpaired) electrons. The summed E-state index contributed by atoms with van der Waals surface area (Å²) in [5.74, 6) is -4.24. The second-order valence-electron chi connectivity index (χ2n) is 8.31. The van der Waals surface area contributed by atoms with Gasteiger partial charge < -0.3 is 26.2 Å². The molecule has 1 saturated heterocycles. The molecular weight excluding hydrogens is 594 g/mol. The molecule has 5 N–H and O–H groups in total. The van der Waals surface area contributed by atoms with Crippen LogP contribution in [-0.2, 0) is 11.3 Å². The van der Waals surface area contributed by atoms with Gasteiger partial charge in [0, 0.05) is 16.6 Å². The molecule has 13 heteroatoms. The van der Waals surface area contributed by atoms with Gasteiger partial charge in [0.05, 0.1) is 42.3 Å². The zero-order chi connectivity index (χ0) is 26.8. The van der Waals surface area contributed by atoms with Gasteiger partial charge in [-0.1, -0.05) is 0 Å². The van der Waals surface area contributed by atoms with Gasteiger partial charge in [0.1, 0.15) is 17.2 Å². The smallest absolute Gasteiger partial charge is 0.300 e. The summed E-state index contributed by atoms with van der Waals surface area (Å²) in [6.45, 7) is 2.82. The normalized spacial score (nSPS) is 13.9. The van der Waals surface area contributed by atoms with Crippen LogP contribution in [0.5, 0.6) is 0 Å². The van der Waals surface area contributed by atoms with Crippen LogP contribution in [0.3, 0.4) is 0 Å². The van der Waals surface area contributed by atoms with E-state index in [-0.39, 0.29) is 30.9 Å². The Morgan fingerprint density at radius 2 is 1.81 bits per heavy atom. The van der Waals surface area contributed by atoms with Gasteiger partial charge in [-0.25, -0.2) is 17.9 Å². The van der Waals surface area contributed by atoms with E-state index in [0.717, 1.165) is 19.1 Å². The molecule has 1 fully saturated rings. The van der Waals surface area contributed by atoms with Gasteiger partial charge in [-0.15, -0.1) is 0 Å². The number of carbonyl (C=O) groups is 2. The predicted molar refractivity (Wildman–Crippen MR) is 134 cm³/mol. The van der Waals surface area contributed by atoms with Crippen LogP contribution in [0.4, 0.5) is 30.4 Å². The molecule has 3 aromatic rings. The highest BCUT2D eigenvalue weighted by Crippen LogP contribution is 2.32. The minimum absolute atomic E-state index is 0.0551. The van der Waals surface area contributed by atoms with Crippen molar-refractivity contribution in [2.45, 2.75) is 26.0 Å². The molecule has 1 aromatic heterocycles. The molecule has 0 aliphatic carbocycles. The maximum absolute atomic E-state index is 14.6. The molecule has 1 aliphatic heterocycles. The van der Waals surface area contributed by atoms with Crippen molar-refractivity contribution >= 4 is 51.7 Å². The Labute approximate surface area is 217 Å². The second kappa shape index (κ2) is 10.7. The fraction of sp³-hybridized carbons (Fsp3) is 0.261. The summed E-state index contributed by atoms with van der Waals surface area (Å²) in [5, 5.41) is 24.8. The first-order valence-corrected chi connectivity index (χ1v) is 11.6. The summed E-state index contributed by atoms with van der Waals surface area (Å²) in [6.07, 6.45) is 0. The van der Waals surface area contributed by atoms with Crippen LogP contribution in [0.25, 0.3) is 0 Å². The Bertz CT molecular complexity index is 1310. The van der Waals surface area contributed by atoms with Crippen molar-refractivity contribution < 1.29 is 33.0 Å². The fourth-order valence-corrected chi connectivity index (χ4v) is 4.08.